The quantitative estimate of drug-likeness (QED) is 0.891. The highest BCUT2D eigenvalue weighted by Crippen LogP contribution is 2.21. The van der Waals surface area contributed by atoms with Crippen LogP contribution in [0.4, 0.5) is 5.69 Å². The van der Waals surface area contributed by atoms with Crippen LogP contribution in [0.3, 0.4) is 0 Å². The van der Waals surface area contributed by atoms with Crippen LogP contribution in [0.15, 0.2) is 24.3 Å². The maximum atomic E-state index is 3.76. The minimum absolute atomic E-state index is 0.619. The number of nitrogens with zero attached hydrogens (tertiary/aromatic N) is 2. The van der Waals surface area contributed by atoms with Gasteiger partial charge in [-0.15, -0.1) is 0 Å². The second-order valence-corrected chi connectivity index (χ2v) is 6.44. The lowest BCUT2D eigenvalue weighted by molar-refractivity contribution is 0.177. The number of likely N-dealkylation sites (tertiary alicyclic amines) is 1. The third-order valence-electron chi connectivity index (χ3n) is 4.12. The van der Waals surface area contributed by atoms with Gasteiger partial charge in [0.05, 0.1) is 0 Å². The van der Waals surface area contributed by atoms with E-state index in [9.17, 15) is 0 Å². The molecule has 1 aliphatic heterocycles. The van der Waals surface area contributed by atoms with E-state index in [0.717, 1.165) is 6.54 Å². The summed E-state index contributed by atoms with van der Waals surface area (Å²) in [5.41, 5.74) is 2.70. The summed E-state index contributed by atoms with van der Waals surface area (Å²) in [5, 5.41) is 3.76. The lowest BCUT2D eigenvalue weighted by Crippen LogP contribution is -2.42. The van der Waals surface area contributed by atoms with Gasteiger partial charge in [-0.3, -0.25) is 0 Å². The van der Waals surface area contributed by atoms with Crippen molar-refractivity contribution in [3.05, 3.63) is 29.8 Å². The average Bonchev–Trinajstić information content (AvgIpc) is 2.41. The van der Waals surface area contributed by atoms with Crippen molar-refractivity contribution >= 4 is 5.69 Å². The molecule has 0 aromatic heterocycles. The Bertz CT molecular complexity index is 406. The van der Waals surface area contributed by atoms with Crippen LogP contribution < -0.4 is 5.32 Å². The molecule has 0 radical (unpaired) electrons. The summed E-state index contributed by atoms with van der Waals surface area (Å²) in [6.45, 7) is 8.00. The van der Waals surface area contributed by atoms with Gasteiger partial charge in [0.15, 0.2) is 0 Å². The van der Waals surface area contributed by atoms with E-state index in [2.05, 4.69) is 67.3 Å². The van der Waals surface area contributed by atoms with Crippen molar-refractivity contribution in [1.82, 2.24) is 9.80 Å². The van der Waals surface area contributed by atoms with Crippen LogP contribution in [-0.4, -0.2) is 49.1 Å². The van der Waals surface area contributed by atoms with Crippen LogP contribution >= 0.6 is 0 Å². The number of hydrogen-bond acceptors (Lipinski definition) is 3. The summed E-state index contributed by atoms with van der Waals surface area (Å²) in [7, 11) is 4.25. The Morgan fingerprint density at radius 1 is 1.20 bits per heavy atom. The van der Waals surface area contributed by atoms with Crippen molar-refractivity contribution in [3.63, 3.8) is 0 Å². The summed E-state index contributed by atoms with van der Waals surface area (Å²) < 4.78 is 0. The molecule has 0 saturated carbocycles. The van der Waals surface area contributed by atoms with Gasteiger partial charge in [0.2, 0.25) is 0 Å². The molecular weight excluding hydrogens is 246 g/mol. The lowest BCUT2D eigenvalue weighted by Gasteiger charge is -2.35. The van der Waals surface area contributed by atoms with Crippen LogP contribution in [0, 0.1) is 0 Å². The highest BCUT2D eigenvalue weighted by Gasteiger charge is 2.21. The summed E-state index contributed by atoms with van der Waals surface area (Å²) in [6.07, 6.45) is 2.49. The van der Waals surface area contributed by atoms with E-state index >= 15 is 0 Å². The first-order valence-corrected chi connectivity index (χ1v) is 7.79. The minimum Gasteiger partial charge on any atom is -0.382 e. The van der Waals surface area contributed by atoms with Crippen LogP contribution in [0.5, 0.6) is 0 Å². The van der Waals surface area contributed by atoms with Crippen LogP contribution in [-0.2, 0) is 6.54 Å². The molecule has 1 saturated heterocycles. The van der Waals surface area contributed by atoms with Gasteiger partial charge in [-0.25, -0.2) is 0 Å². The zero-order valence-corrected chi connectivity index (χ0v) is 13.4. The Morgan fingerprint density at radius 3 is 2.45 bits per heavy atom. The molecule has 1 N–H and O–H groups in total. The smallest absolute Gasteiger partial charge is 0.0388 e. The predicted octanol–water partition coefficient (Wildman–Crippen LogP) is 3.03. The Hall–Kier alpha value is -1.06. The third kappa shape index (κ3) is 4.22. The lowest BCUT2D eigenvalue weighted by atomic mass is 10.0. The highest BCUT2D eigenvalue weighted by molar-refractivity contribution is 5.51. The molecule has 20 heavy (non-hydrogen) atoms. The number of rotatable bonds is 5. The number of piperidine rings is 1. The minimum atomic E-state index is 0.619. The van der Waals surface area contributed by atoms with Crippen molar-refractivity contribution in [2.75, 3.05) is 32.5 Å². The average molecular weight is 275 g/mol. The number of hydrogen-bond donors (Lipinski definition) is 1. The predicted molar refractivity (Wildman–Crippen MR) is 87.2 cm³/mol. The number of nitrogens with one attached hydrogen (secondary N) is 1. The Balaban J connectivity index is 1.94. The van der Waals surface area contributed by atoms with Gasteiger partial charge in [-0.2, -0.15) is 0 Å². The number of para-hydroxylation sites is 1. The van der Waals surface area contributed by atoms with Gasteiger partial charge in [0, 0.05) is 37.4 Å². The third-order valence-corrected chi connectivity index (χ3v) is 4.12. The monoisotopic (exact) mass is 275 g/mol. The van der Waals surface area contributed by atoms with Crippen molar-refractivity contribution in [2.45, 2.75) is 45.3 Å². The van der Waals surface area contributed by atoms with Gasteiger partial charge in [0.25, 0.3) is 0 Å². The van der Waals surface area contributed by atoms with Crippen LogP contribution in [0.25, 0.3) is 0 Å². The maximum absolute atomic E-state index is 3.76. The first-order valence-electron chi connectivity index (χ1n) is 7.79. The van der Waals surface area contributed by atoms with Gasteiger partial charge in [-0.05, 0) is 52.4 Å². The molecule has 0 aliphatic carbocycles. The summed E-state index contributed by atoms with van der Waals surface area (Å²) in [6, 6.07) is 10.0. The zero-order valence-electron chi connectivity index (χ0n) is 13.4. The molecule has 0 atom stereocenters. The van der Waals surface area contributed by atoms with Crippen molar-refractivity contribution in [1.29, 1.82) is 0 Å². The molecule has 1 aliphatic rings. The summed E-state index contributed by atoms with van der Waals surface area (Å²) in [5.74, 6) is 0. The first-order chi connectivity index (χ1) is 9.56. The summed E-state index contributed by atoms with van der Waals surface area (Å²) in [4.78, 5) is 4.80. The molecule has 1 fully saturated rings. The topological polar surface area (TPSA) is 18.5 Å². The highest BCUT2D eigenvalue weighted by atomic mass is 15.2. The molecular formula is C17H29N3. The van der Waals surface area contributed by atoms with E-state index in [0.29, 0.717) is 12.1 Å². The second-order valence-electron chi connectivity index (χ2n) is 6.44. The number of anilines is 1. The van der Waals surface area contributed by atoms with Gasteiger partial charge < -0.3 is 15.1 Å². The van der Waals surface area contributed by atoms with E-state index in [1.807, 2.05) is 0 Å². The van der Waals surface area contributed by atoms with Crippen molar-refractivity contribution < 1.29 is 0 Å². The molecule has 0 amide bonds. The first kappa shape index (κ1) is 15.3. The van der Waals surface area contributed by atoms with E-state index in [1.165, 1.54) is 37.2 Å². The normalized spacial score (nSPS) is 17.9. The fraction of sp³-hybridized carbons (Fsp3) is 0.647. The Labute approximate surface area is 124 Å². The summed E-state index contributed by atoms with van der Waals surface area (Å²) >= 11 is 0. The number of benzene rings is 1. The standard InChI is InChI=1S/C17H29N3/c1-14(2)20-11-9-16(10-12-20)18-17-8-6-5-7-15(17)13-19(3)4/h5-8,14,16,18H,9-13H2,1-4H3. The molecule has 3 nitrogen and oxygen atoms in total. The van der Waals surface area contributed by atoms with Crippen molar-refractivity contribution in [3.8, 4) is 0 Å². The fourth-order valence-electron chi connectivity index (χ4n) is 2.92. The maximum Gasteiger partial charge on any atom is 0.0388 e. The molecule has 0 unspecified atom stereocenters. The molecule has 112 valence electrons. The molecule has 1 aromatic carbocycles. The van der Waals surface area contributed by atoms with Crippen molar-refractivity contribution in [2.24, 2.45) is 0 Å². The largest absolute Gasteiger partial charge is 0.382 e. The second kappa shape index (κ2) is 7.09. The van der Waals surface area contributed by atoms with Gasteiger partial charge >= 0.3 is 0 Å². The zero-order chi connectivity index (χ0) is 14.5. The van der Waals surface area contributed by atoms with E-state index in [1.54, 1.807) is 0 Å². The molecule has 0 spiro atoms. The van der Waals surface area contributed by atoms with Crippen LogP contribution in [0.2, 0.25) is 0 Å². The molecule has 2 rings (SSSR count). The van der Waals surface area contributed by atoms with Crippen LogP contribution in [0.1, 0.15) is 32.3 Å². The Kier molecular flexibility index (Phi) is 5.44. The fourth-order valence-corrected chi connectivity index (χ4v) is 2.92. The molecule has 3 heteroatoms. The van der Waals surface area contributed by atoms with E-state index in [4.69, 9.17) is 0 Å². The Morgan fingerprint density at radius 2 is 1.85 bits per heavy atom. The van der Waals surface area contributed by atoms with E-state index in [-0.39, 0.29) is 0 Å². The van der Waals surface area contributed by atoms with Gasteiger partial charge in [-0.1, -0.05) is 18.2 Å². The molecule has 1 aromatic rings. The molecule has 1 heterocycles. The van der Waals surface area contributed by atoms with Gasteiger partial charge in [0.1, 0.15) is 0 Å². The molecule has 0 bridgehead atoms. The van der Waals surface area contributed by atoms with E-state index < -0.39 is 0 Å². The SMILES string of the molecule is CC(C)N1CCC(Nc2ccccc2CN(C)C)CC1.